The molecule has 2 aromatic heterocycles. The average Bonchev–Trinajstić information content (AvgIpc) is 2.96. The minimum absolute atomic E-state index is 0.121. The van der Waals surface area contributed by atoms with E-state index in [0.717, 1.165) is 24.8 Å². The van der Waals surface area contributed by atoms with Gasteiger partial charge in [0.2, 0.25) is 0 Å². The molecule has 1 atom stereocenters. The number of carbonyl (C=O) groups is 1. The summed E-state index contributed by atoms with van der Waals surface area (Å²) in [6, 6.07) is 6.61. The molecule has 2 heterocycles. The normalized spacial score (nSPS) is 16.8. The molecule has 3 aromatic rings. The van der Waals surface area contributed by atoms with Crippen molar-refractivity contribution in [3.8, 4) is 0 Å². The first-order chi connectivity index (χ1) is 12.0. The molecule has 0 bridgehead atoms. The molecule has 0 saturated carbocycles. The summed E-state index contributed by atoms with van der Waals surface area (Å²) in [6.45, 7) is 2.10. The highest BCUT2D eigenvalue weighted by Gasteiger charge is 2.24. The molecule has 0 spiro atoms. The van der Waals surface area contributed by atoms with E-state index in [0.29, 0.717) is 26.7 Å². The van der Waals surface area contributed by atoms with Crippen molar-refractivity contribution < 1.29 is 4.79 Å². The monoisotopic (exact) mass is 373 g/mol. The zero-order valence-corrected chi connectivity index (χ0v) is 15.2. The van der Waals surface area contributed by atoms with Gasteiger partial charge in [-0.15, -0.1) is 16.4 Å². The van der Waals surface area contributed by atoms with Crippen molar-refractivity contribution in [2.75, 3.05) is 0 Å². The van der Waals surface area contributed by atoms with E-state index >= 15 is 0 Å². The lowest BCUT2D eigenvalue weighted by Gasteiger charge is -2.17. The van der Waals surface area contributed by atoms with Crippen LogP contribution < -0.4 is 5.56 Å². The Kier molecular flexibility index (Phi) is 4.17. The number of thiophene rings is 1. The van der Waals surface area contributed by atoms with E-state index in [9.17, 15) is 9.59 Å². The van der Waals surface area contributed by atoms with Crippen LogP contribution in [0.3, 0.4) is 0 Å². The molecule has 1 unspecified atom stereocenters. The third kappa shape index (κ3) is 3.00. The lowest BCUT2D eigenvalue weighted by molar-refractivity contribution is 0.0964. The third-order valence-corrected chi connectivity index (χ3v) is 6.04. The van der Waals surface area contributed by atoms with Gasteiger partial charge in [-0.1, -0.05) is 23.7 Å². The van der Waals surface area contributed by atoms with Crippen LogP contribution in [0.5, 0.6) is 0 Å². The number of hydrogen-bond donors (Lipinski definition) is 0. The SMILES string of the molecule is CC1CCc2c(sc3nnn(CC(=O)c4ccc(Cl)cc4)c(=O)c23)C1. The summed E-state index contributed by atoms with van der Waals surface area (Å²) in [6.07, 6.45) is 2.95. The molecule has 0 radical (unpaired) electrons. The Balaban J connectivity index is 1.71. The summed E-state index contributed by atoms with van der Waals surface area (Å²) in [7, 11) is 0. The van der Waals surface area contributed by atoms with E-state index < -0.39 is 0 Å². The standard InChI is InChI=1S/C18H16ClN3O2S/c1-10-2-7-13-15(8-10)25-17-16(13)18(24)22(21-20-17)9-14(23)11-3-5-12(19)6-4-11/h3-6,10H,2,7-9H2,1H3. The summed E-state index contributed by atoms with van der Waals surface area (Å²) in [4.78, 5) is 27.2. The minimum Gasteiger partial charge on any atom is -0.292 e. The lowest BCUT2D eigenvalue weighted by Crippen LogP contribution is -2.28. The number of rotatable bonds is 3. The molecule has 1 aliphatic carbocycles. The molecule has 128 valence electrons. The van der Waals surface area contributed by atoms with Crippen molar-refractivity contribution in [2.45, 2.75) is 32.7 Å². The van der Waals surface area contributed by atoms with Crippen LogP contribution in [0.25, 0.3) is 10.2 Å². The van der Waals surface area contributed by atoms with Gasteiger partial charge >= 0.3 is 0 Å². The Hall–Kier alpha value is -2.05. The zero-order chi connectivity index (χ0) is 17.6. The quantitative estimate of drug-likeness (QED) is 0.659. The highest BCUT2D eigenvalue weighted by Crippen LogP contribution is 2.35. The maximum absolute atomic E-state index is 12.9. The number of aryl methyl sites for hydroxylation is 1. The topological polar surface area (TPSA) is 64.8 Å². The molecule has 7 heteroatoms. The molecule has 0 fully saturated rings. The summed E-state index contributed by atoms with van der Waals surface area (Å²) in [5.74, 6) is 0.437. The number of nitrogens with zero attached hydrogens (tertiary/aromatic N) is 3. The molecule has 5 nitrogen and oxygen atoms in total. The molecule has 0 amide bonds. The van der Waals surface area contributed by atoms with Gasteiger partial charge in [0.05, 0.1) is 5.39 Å². The van der Waals surface area contributed by atoms with Gasteiger partial charge in [0.25, 0.3) is 5.56 Å². The van der Waals surface area contributed by atoms with E-state index in [1.54, 1.807) is 35.6 Å². The van der Waals surface area contributed by atoms with Gasteiger partial charge in [0.15, 0.2) is 10.6 Å². The fraction of sp³-hybridized carbons (Fsp3) is 0.333. The maximum atomic E-state index is 12.9. The highest BCUT2D eigenvalue weighted by atomic mass is 35.5. The largest absolute Gasteiger partial charge is 0.292 e. The summed E-state index contributed by atoms with van der Waals surface area (Å²) < 4.78 is 1.17. The molecular weight excluding hydrogens is 358 g/mol. The Morgan fingerprint density at radius 2 is 2.12 bits per heavy atom. The lowest BCUT2D eigenvalue weighted by atomic mass is 9.89. The van der Waals surface area contributed by atoms with E-state index in [4.69, 9.17) is 11.6 Å². The van der Waals surface area contributed by atoms with E-state index in [1.165, 1.54) is 9.56 Å². The van der Waals surface area contributed by atoms with Crippen LogP contribution in [-0.4, -0.2) is 20.8 Å². The van der Waals surface area contributed by atoms with Gasteiger partial charge in [-0.3, -0.25) is 9.59 Å². The first kappa shape index (κ1) is 16.4. The zero-order valence-electron chi connectivity index (χ0n) is 13.7. The predicted molar refractivity (Wildman–Crippen MR) is 98.6 cm³/mol. The number of aromatic nitrogens is 3. The van der Waals surface area contributed by atoms with E-state index in [1.807, 2.05) is 0 Å². The third-order valence-electron chi connectivity index (χ3n) is 4.64. The second kappa shape index (κ2) is 6.35. The fourth-order valence-electron chi connectivity index (χ4n) is 3.26. The van der Waals surface area contributed by atoms with Crippen LogP contribution in [0, 0.1) is 5.92 Å². The average molecular weight is 374 g/mol. The van der Waals surface area contributed by atoms with Gasteiger partial charge in [-0.25, -0.2) is 4.68 Å². The molecule has 1 aromatic carbocycles. The van der Waals surface area contributed by atoms with Crippen molar-refractivity contribution in [3.05, 3.63) is 55.6 Å². The van der Waals surface area contributed by atoms with Gasteiger partial charge in [0.1, 0.15) is 6.54 Å². The van der Waals surface area contributed by atoms with Crippen molar-refractivity contribution in [1.29, 1.82) is 0 Å². The first-order valence-corrected chi connectivity index (χ1v) is 9.39. The van der Waals surface area contributed by atoms with E-state index in [-0.39, 0.29) is 17.9 Å². The number of Topliss-reactive ketones (excluding diaryl/α,β-unsaturated/α-hetero) is 1. The van der Waals surface area contributed by atoms with Gasteiger partial charge < -0.3 is 0 Å². The molecule has 1 aliphatic rings. The smallest absolute Gasteiger partial charge is 0.279 e. The Bertz CT molecular complexity index is 1020. The number of fused-ring (bicyclic) bond motifs is 3. The van der Waals surface area contributed by atoms with Gasteiger partial charge in [-0.05, 0) is 55.0 Å². The molecular formula is C18H16ClN3O2S. The molecule has 25 heavy (non-hydrogen) atoms. The van der Waals surface area contributed by atoms with Gasteiger partial charge in [-0.2, -0.15) is 0 Å². The van der Waals surface area contributed by atoms with Crippen LogP contribution in [0.2, 0.25) is 5.02 Å². The summed E-state index contributed by atoms with van der Waals surface area (Å²) in [5.41, 5.74) is 1.38. The van der Waals surface area contributed by atoms with Crippen LogP contribution in [0.15, 0.2) is 29.1 Å². The second-order valence-corrected chi connectivity index (χ2v) is 8.03. The van der Waals surface area contributed by atoms with Crippen molar-refractivity contribution >= 4 is 38.9 Å². The predicted octanol–water partition coefficient (Wildman–Crippen LogP) is 3.51. The van der Waals surface area contributed by atoms with Crippen LogP contribution in [-0.2, 0) is 19.4 Å². The molecule has 0 aliphatic heterocycles. The minimum atomic E-state index is -0.223. The maximum Gasteiger partial charge on any atom is 0.279 e. The summed E-state index contributed by atoms with van der Waals surface area (Å²) >= 11 is 7.40. The number of carbonyl (C=O) groups excluding carboxylic acids is 1. The summed E-state index contributed by atoms with van der Waals surface area (Å²) in [5, 5.41) is 9.37. The number of halogens is 1. The molecule has 4 rings (SSSR count). The highest BCUT2D eigenvalue weighted by molar-refractivity contribution is 7.18. The van der Waals surface area contributed by atoms with Crippen LogP contribution in [0.1, 0.15) is 34.1 Å². The van der Waals surface area contributed by atoms with Crippen molar-refractivity contribution in [3.63, 3.8) is 0 Å². The number of hydrogen-bond acceptors (Lipinski definition) is 5. The molecule has 0 saturated heterocycles. The Morgan fingerprint density at radius 3 is 2.88 bits per heavy atom. The van der Waals surface area contributed by atoms with Gasteiger partial charge in [0, 0.05) is 15.5 Å². The molecule has 0 N–H and O–H groups in total. The van der Waals surface area contributed by atoms with Crippen LogP contribution in [0.4, 0.5) is 0 Å². The Labute approximate surface area is 153 Å². The number of ketones is 1. The first-order valence-electron chi connectivity index (χ1n) is 8.19. The fourth-order valence-corrected chi connectivity index (χ4v) is 4.70. The van der Waals surface area contributed by atoms with Crippen molar-refractivity contribution in [1.82, 2.24) is 15.0 Å². The van der Waals surface area contributed by atoms with E-state index in [2.05, 4.69) is 17.2 Å². The second-order valence-electron chi connectivity index (χ2n) is 6.51. The van der Waals surface area contributed by atoms with Crippen LogP contribution >= 0.6 is 22.9 Å². The Morgan fingerprint density at radius 1 is 1.36 bits per heavy atom. The number of benzene rings is 1. The van der Waals surface area contributed by atoms with Crippen molar-refractivity contribution in [2.24, 2.45) is 5.92 Å².